The fourth-order valence-electron chi connectivity index (χ4n) is 4.67. The molecule has 1 saturated heterocycles. The lowest BCUT2D eigenvalue weighted by Gasteiger charge is -2.48. The Labute approximate surface area is 145 Å². The van der Waals surface area contributed by atoms with Gasteiger partial charge in [-0.1, -0.05) is 37.6 Å². The molecule has 2 atom stereocenters. The van der Waals surface area contributed by atoms with Gasteiger partial charge in [-0.2, -0.15) is 0 Å². The van der Waals surface area contributed by atoms with Crippen molar-refractivity contribution in [3.05, 3.63) is 34.9 Å². The second-order valence-electron chi connectivity index (χ2n) is 8.44. The summed E-state index contributed by atoms with van der Waals surface area (Å²) in [5.74, 6) is 1.11. The van der Waals surface area contributed by atoms with Crippen molar-refractivity contribution in [3.8, 4) is 0 Å². The van der Waals surface area contributed by atoms with Gasteiger partial charge in [-0.05, 0) is 86.6 Å². The van der Waals surface area contributed by atoms with E-state index in [-0.39, 0.29) is 5.41 Å². The molecule has 1 aliphatic heterocycles. The summed E-state index contributed by atoms with van der Waals surface area (Å²) in [6.45, 7) is 6.83. The molecule has 2 aliphatic rings. The molecule has 128 valence electrons. The number of rotatable bonds is 3. The zero-order valence-corrected chi connectivity index (χ0v) is 15.2. The van der Waals surface area contributed by atoms with Crippen LogP contribution in [-0.4, -0.2) is 18.2 Å². The highest BCUT2D eigenvalue weighted by molar-refractivity contribution is 6.30. The van der Waals surface area contributed by atoms with E-state index < -0.39 is 5.60 Å². The molecule has 0 aromatic heterocycles. The first kappa shape index (κ1) is 17.3. The maximum absolute atomic E-state index is 11.7. The minimum atomic E-state index is -0.711. The molecule has 1 aliphatic carbocycles. The van der Waals surface area contributed by atoms with Gasteiger partial charge in [-0.25, -0.2) is 0 Å². The second kappa shape index (κ2) is 6.74. The van der Waals surface area contributed by atoms with Gasteiger partial charge in [0, 0.05) is 5.02 Å². The lowest BCUT2D eigenvalue weighted by molar-refractivity contribution is -0.100. The van der Waals surface area contributed by atoms with Crippen LogP contribution in [0.15, 0.2) is 24.3 Å². The minimum absolute atomic E-state index is 0.193. The smallest absolute Gasteiger partial charge is 0.0929 e. The van der Waals surface area contributed by atoms with Crippen molar-refractivity contribution in [1.29, 1.82) is 0 Å². The van der Waals surface area contributed by atoms with Crippen molar-refractivity contribution >= 4 is 11.6 Å². The number of benzene rings is 1. The van der Waals surface area contributed by atoms with Gasteiger partial charge < -0.3 is 10.4 Å². The van der Waals surface area contributed by atoms with Gasteiger partial charge in [0.1, 0.15) is 0 Å². The van der Waals surface area contributed by atoms with Crippen molar-refractivity contribution < 1.29 is 5.11 Å². The number of hydrogen-bond acceptors (Lipinski definition) is 2. The van der Waals surface area contributed by atoms with E-state index in [2.05, 4.69) is 19.2 Å². The normalized spacial score (nSPS) is 31.9. The number of hydrogen-bond donors (Lipinski definition) is 2. The highest BCUT2D eigenvalue weighted by atomic mass is 35.5. The molecule has 1 heterocycles. The van der Waals surface area contributed by atoms with E-state index in [0.29, 0.717) is 5.92 Å². The van der Waals surface area contributed by atoms with Gasteiger partial charge >= 0.3 is 0 Å². The third kappa shape index (κ3) is 3.92. The Morgan fingerprint density at radius 2 is 1.78 bits per heavy atom. The van der Waals surface area contributed by atoms with Crippen LogP contribution in [0.5, 0.6) is 0 Å². The van der Waals surface area contributed by atoms with Gasteiger partial charge in [0.2, 0.25) is 0 Å². The first-order valence-corrected chi connectivity index (χ1v) is 9.46. The van der Waals surface area contributed by atoms with Crippen molar-refractivity contribution in [3.63, 3.8) is 0 Å². The molecule has 0 radical (unpaired) electrons. The van der Waals surface area contributed by atoms with Gasteiger partial charge in [0.15, 0.2) is 0 Å². The molecule has 2 nitrogen and oxygen atoms in total. The summed E-state index contributed by atoms with van der Waals surface area (Å²) in [4.78, 5) is 0. The predicted octanol–water partition coefficient (Wildman–Crippen LogP) is 4.74. The summed E-state index contributed by atoms with van der Waals surface area (Å²) >= 11 is 6.06. The zero-order chi connectivity index (χ0) is 16.5. The van der Waals surface area contributed by atoms with Gasteiger partial charge in [-0.3, -0.25) is 0 Å². The Hall–Kier alpha value is -0.570. The van der Waals surface area contributed by atoms with Crippen LogP contribution in [0.3, 0.4) is 0 Å². The first-order valence-electron chi connectivity index (χ1n) is 9.08. The average molecular weight is 336 g/mol. The summed E-state index contributed by atoms with van der Waals surface area (Å²) in [5.41, 5.74) is 0.532. The van der Waals surface area contributed by atoms with Gasteiger partial charge in [0.25, 0.3) is 0 Å². The number of aliphatic hydroxyl groups is 1. The molecule has 0 spiro atoms. The highest BCUT2D eigenvalue weighted by Crippen LogP contribution is 2.51. The van der Waals surface area contributed by atoms with E-state index in [4.69, 9.17) is 11.6 Å². The van der Waals surface area contributed by atoms with E-state index in [0.717, 1.165) is 48.9 Å². The Morgan fingerprint density at radius 3 is 2.43 bits per heavy atom. The molecule has 3 rings (SSSR count). The van der Waals surface area contributed by atoms with Crippen molar-refractivity contribution in [2.24, 2.45) is 17.3 Å². The monoisotopic (exact) mass is 335 g/mol. The standard InChI is InChI=1S/C20H30ClNO/c1-19(2)10-7-17(13-15-8-11-22-12-9-15)20(23,14-19)16-3-5-18(21)6-4-16/h3-6,15,17,22-23H,7-14H2,1-2H3. The Bertz CT molecular complexity index is 521. The van der Waals surface area contributed by atoms with Crippen LogP contribution in [0.4, 0.5) is 0 Å². The SMILES string of the molecule is CC1(C)CCC(CC2CCNCC2)C(O)(c2ccc(Cl)cc2)C1. The number of nitrogens with one attached hydrogen (secondary N) is 1. The van der Waals surface area contributed by atoms with Gasteiger partial charge in [-0.15, -0.1) is 0 Å². The number of halogens is 1. The molecule has 3 heteroatoms. The molecule has 2 fully saturated rings. The maximum Gasteiger partial charge on any atom is 0.0929 e. The van der Waals surface area contributed by atoms with E-state index in [1.165, 1.54) is 19.3 Å². The van der Waals surface area contributed by atoms with E-state index in [9.17, 15) is 5.11 Å². The summed E-state index contributed by atoms with van der Waals surface area (Å²) in [6.07, 6.45) is 6.82. The van der Waals surface area contributed by atoms with Crippen LogP contribution >= 0.6 is 11.6 Å². The molecular formula is C20H30ClNO. The molecule has 2 unspecified atom stereocenters. The summed E-state index contributed by atoms with van der Waals surface area (Å²) in [7, 11) is 0. The highest BCUT2D eigenvalue weighted by Gasteiger charge is 2.47. The molecule has 0 amide bonds. The Kier molecular flexibility index (Phi) is 5.06. The Morgan fingerprint density at radius 1 is 1.13 bits per heavy atom. The molecule has 1 aromatic carbocycles. The first-order chi connectivity index (χ1) is 10.9. The lowest BCUT2D eigenvalue weighted by Crippen LogP contribution is -2.45. The average Bonchev–Trinajstić information content (AvgIpc) is 2.51. The second-order valence-corrected chi connectivity index (χ2v) is 8.87. The minimum Gasteiger partial charge on any atom is -0.385 e. The summed E-state index contributed by atoms with van der Waals surface area (Å²) in [6, 6.07) is 7.88. The van der Waals surface area contributed by atoms with E-state index in [1.807, 2.05) is 24.3 Å². The van der Waals surface area contributed by atoms with Gasteiger partial charge in [0.05, 0.1) is 5.60 Å². The van der Waals surface area contributed by atoms with Crippen LogP contribution in [0.25, 0.3) is 0 Å². The van der Waals surface area contributed by atoms with Crippen molar-refractivity contribution in [2.45, 2.75) is 58.0 Å². The van der Waals surface area contributed by atoms with Crippen LogP contribution in [0.1, 0.15) is 57.9 Å². The van der Waals surface area contributed by atoms with Crippen LogP contribution in [0.2, 0.25) is 5.02 Å². The quantitative estimate of drug-likeness (QED) is 0.835. The largest absolute Gasteiger partial charge is 0.385 e. The third-order valence-corrected chi connectivity index (χ3v) is 6.27. The number of piperidine rings is 1. The summed E-state index contributed by atoms with van der Waals surface area (Å²) < 4.78 is 0. The molecule has 2 N–H and O–H groups in total. The van der Waals surface area contributed by atoms with Crippen molar-refractivity contribution in [1.82, 2.24) is 5.32 Å². The van der Waals surface area contributed by atoms with Crippen LogP contribution < -0.4 is 5.32 Å². The van der Waals surface area contributed by atoms with Crippen molar-refractivity contribution in [2.75, 3.05) is 13.1 Å². The zero-order valence-electron chi connectivity index (χ0n) is 14.4. The van der Waals surface area contributed by atoms with Crippen LogP contribution in [-0.2, 0) is 5.60 Å². The Balaban J connectivity index is 1.84. The van der Waals surface area contributed by atoms with E-state index >= 15 is 0 Å². The topological polar surface area (TPSA) is 32.3 Å². The third-order valence-electron chi connectivity index (χ3n) is 6.01. The van der Waals surface area contributed by atoms with Crippen LogP contribution in [0, 0.1) is 17.3 Å². The lowest BCUT2D eigenvalue weighted by atomic mass is 9.60. The molecule has 0 bridgehead atoms. The van der Waals surface area contributed by atoms with E-state index in [1.54, 1.807) is 0 Å². The summed E-state index contributed by atoms with van der Waals surface area (Å²) in [5, 5.41) is 15.9. The fourth-order valence-corrected chi connectivity index (χ4v) is 4.80. The molecular weight excluding hydrogens is 306 g/mol. The molecule has 1 saturated carbocycles. The fraction of sp³-hybridized carbons (Fsp3) is 0.700. The molecule has 23 heavy (non-hydrogen) atoms. The molecule has 1 aromatic rings. The maximum atomic E-state index is 11.7. The predicted molar refractivity (Wildman–Crippen MR) is 96.7 cm³/mol.